The van der Waals surface area contributed by atoms with Gasteiger partial charge in [0.15, 0.2) is 18.1 Å². The van der Waals surface area contributed by atoms with Crippen LogP contribution >= 0.6 is 0 Å². The maximum absolute atomic E-state index is 12.6. The Morgan fingerprint density at radius 2 is 1.77 bits per heavy atom. The summed E-state index contributed by atoms with van der Waals surface area (Å²) < 4.78 is 15.9. The van der Waals surface area contributed by atoms with Crippen molar-refractivity contribution < 1.29 is 29.0 Å². The average molecular weight is 412 g/mol. The van der Waals surface area contributed by atoms with Gasteiger partial charge in [0, 0.05) is 19.2 Å². The number of amides is 2. The maximum Gasteiger partial charge on any atom is 0.281 e. The largest absolute Gasteiger partial charge is 0.493 e. The molecule has 0 aliphatic carbocycles. The Labute approximate surface area is 174 Å². The van der Waals surface area contributed by atoms with Crippen LogP contribution in [0.1, 0.15) is 16.7 Å². The van der Waals surface area contributed by atoms with E-state index >= 15 is 0 Å². The van der Waals surface area contributed by atoms with Crippen molar-refractivity contribution in [3.63, 3.8) is 0 Å². The summed E-state index contributed by atoms with van der Waals surface area (Å²) in [5, 5.41) is 8.45. The molecule has 0 radical (unpaired) electrons. The molecule has 1 aliphatic heterocycles. The van der Waals surface area contributed by atoms with Crippen molar-refractivity contribution >= 4 is 17.9 Å². The van der Waals surface area contributed by atoms with Gasteiger partial charge in [0.05, 0.1) is 14.2 Å². The first-order valence-electron chi connectivity index (χ1n) is 9.40. The second-order valence-corrected chi connectivity index (χ2v) is 6.71. The van der Waals surface area contributed by atoms with Crippen molar-refractivity contribution in [2.75, 3.05) is 27.4 Å². The molecule has 8 nitrogen and oxygen atoms in total. The number of fused-ring (bicyclic) bond motifs is 1. The summed E-state index contributed by atoms with van der Waals surface area (Å²) in [6, 6.07) is 10.8. The van der Waals surface area contributed by atoms with Crippen LogP contribution in [0.4, 0.5) is 0 Å². The van der Waals surface area contributed by atoms with E-state index in [0.717, 1.165) is 23.1 Å². The van der Waals surface area contributed by atoms with Gasteiger partial charge in [-0.3, -0.25) is 14.8 Å². The molecule has 2 aromatic carbocycles. The third-order valence-corrected chi connectivity index (χ3v) is 4.82. The average Bonchev–Trinajstić information content (AvgIpc) is 2.80. The van der Waals surface area contributed by atoms with E-state index in [1.54, 1.807) is 55.5 Å². The third-order valence-electron chi connectivity index (χ3n) is 4.82. The van der Waals surface area contributed by atoms with Crippen molar-refractivity contribution in [3.05, 3.63) is 59.2 Å². The van der Waals surface area contributed by atoms with E-state index in [0.29, 0.717) is 30.3 Å². The van der Waals surface area contributed by atoms with Gasteiger partial charge in [0.1, 0.15) is 5.75 Å². The van der Waals surface area contributed by atoms with Crippen LogP contribution in [0.5, 0.6) is 17.2 Å². The second kappa shape index (κ2) is 9.80. The molecule has 158 valence electrons. The number of ether oxygens (including phenoxy) is 3. The predicted octanol–water partition coefficient (Wildman–Crippen LogP) is 2.19. The Bertz CT molecular complexity index is 939. The number of hydrogen-bond acceptors (Lipinski definition) is 6. The number of carbonyl (C=O) groups excluding carboxylic acids is 2. The molecule has 1 heterocycles. The molecule has 30 heavy (non-hydrogen) atoms. The van der Waals surface area contributed by atoms with Crippen molar-refractivity contribution in [2.24, 2.45) is 0 Å². The van der Waals surface area contributed by atoms with Gasteiger partial charge in [-0.1, -0.05) is 12.1 Å². The van der Waals surface area contributed by atoms with Crippen LogP contribution in [0, 0.1) is 0 Å². The summed E-state index contributed by atoms with van der Waals surface area (Å²) >= 11 is 0. The highest BCUT2D eigenvalue weighted by Gasteiger charge is 2.21. The molecule has 0 saturated heterocycles. The Kier molecular flexibility index (Phi) is 6.92. The summed E-state index contributed by atoms with van der Waals surface area (Å²) in [6.45, 7) is 0.862. The van der Waals surface area contributed by atoms with Crippen LogP contribution in [0.3, 0.4) is 0 Å². The zero-order valence-corrected chi connectivity index (χ0v) is 16.9. The zero-order valence-electron chi connectivity index (χ0n) is 16.9. The van der Waals surface area contributed by atoms with Crippen molar-refractivity contribution in [3.8, 4) is 17.2 Å². The fourth-order valence-corrected chi connectivity index (χ4v) is 3.20. The molecule has 0 saturated carbocycles. The van der Waals surface area contributed by atoms with Crippen LogP contribution in [-0.4, -0.2) is 49.3 Å². The highest BCUT2D eigenvalue weighted by Crippen LogP contribution is 2.33. The monoisotopic (exact) mass is 412 g/mol. The normalized spacial score (nSPS) is 13.0. The number of nitrogens with one attached hydrogen (secondary N) is 1. The minimum atomic E-state index is -0.635. The molecule has 0 fully saturated rings. The van der Waals surface area contributed by atoms with Gasteiger partial charge in [-0.2, -0.15) is 0 Å². The van der Waals surface area contributed by atoms with Gasteiger partial charge in [0.2, 0.25) is 5.91 Å². The SMILES string of the molecule is COc1cc2c(cc1OC)CN(C(=O)/C=C/c1ccc(OCC(=O)NO)cc1)CC2. The lowest BCUT2D eigenvalue weighted by atomic mass is 9.98. The number of rotatable bonds is 7. The minimum Gasteiger partial charge on any atom is -0.493 e. The molecule has 2 amide bonds. The molecule has 0 atom stereocenters. The highest BCUT2D eigenvalue weighted by atomic mass is 16.5. The number of nitrogens with zero attached hydrogens (tertiary/aromatic N) is 1. The first-order valence-corrected chi connectivity index (χ1v) is 9.40. The van der Waals surface area contributed by atoms with Gasteiger partial charge in [-0.15, -0.1) is 0 Å². The van der Waals surface area contributed by atoms with Crippen molar-refractivity contribution in [2.45, 2.75) is 13.0 Å². The summed E-state index contributed by atoms with van der Waals surface area (Å²) in [5.74, 6) is 1.12. The van der Waals surface area contributed by atoms with E-state index in [1.165, 1.54) is 5.48 Å². The van der Waals surface area contributed by atoms with Gasteiger partial charge >= 0.3 is 0 Å². The molecule has 2 N–H and O–H groups in total. The molecule has 1 aliphatic rings. The smallest absolute Gasteiger partial charge is 0.281 e. The molecule has 0 aromatic heterocycles. The molecular formula is C22H24N2O6. The minimum absolute atomic E-state index is 0.0737. The van der Waals surface area contributed by atoms with Gasteiger partial charge < -0.3 is 19.1 Å². The summed E-state index contributed by atoms with van der Waals surface area (Å²) in [5.41, 5.74) is 4.53. The third kappa shape index (κ3) is 5.09. The number of benzene rings is 2. The lowest BCUT2D eigenvalue weighted by Crippen LogP contribution is -2.34. The second-order valence-electron chi connectivity index (χ2n) is 6.71. The standard InChI is InChI=1S/C22H24N2O6/c1-28-19-11-16-9-10-24(13-17(16)12-20(19)29-2)22(26)8-5-15-3-6-18(7-4-15)30-14-21(25)23-27/h3-8,11-12,27H,9-10,13-14H2,1-2H3,(H,23,25)/b8-5+. The zero-order chi connectivity index (χ0) is 21.5. The lowest BCUT2D eigenvalue weighted by Gasteiger charge is -2.28. The van der Waals surface area contributed by atoms with E-state index in [4.69, 9.17) is 19.4 Å². The molecule has 2 aromatic rings. The number of hydrogen-bond donors (Lipinski definition) is 2. The van der Waals surface area contributed by atoms with Crippen LogP contribution < -0.4 is 19.7 Å². The summed E-state index contributed by atoms with van der Waals surface area (Å²) in [6.07, 6.45) is 4.03. The molecule has 0 bridgehead atoms. The van der Waals surface area contributed by atoms with E-state index in [2.05, 4.69) is 0 Å². The van der Waals surface area contributed by atoms with Crippen LogP contribution in [-0.2, 0) is 22.6 Å². The Hall–Kier alpha value is -3.52. The number of carbonyl (C=O) groups is 2. The topological polar surface area (TPSA) is 97.3 Å². The quantitative estimate of drug-likeness (QED) is 0.411. The van der Waals surface area contributed by atoms with Crippen LogP contribution in [0.25, 0.3) is 6.08 Å². The predicted molar refractivity (Wildman–Crippen MR) is 110 cm³/mol. The summed E-state index contributed by atoms with van der Waals surface area (Å²) in [4.78, 5) is 25.4. The lowest BCUT2D eigenvalue weighted by molar-refractivity contribution is -0.131. The molecule has 8 heteroatoms. The van der Waals surface area contributed by atoms with E-state index < -0.39 is 5.91 Å². The maximum atomic E-state index is 12.6. The van der Waals surface area contributed by atoms with E-state index in [9.17, 15) is 9.59 Å². The Morgan fingerprint density at radius 1 is 1.10 bits per heavy atom. The van der Waals surface area contributed by atoms with E-state index in [-0.39, 0.29) is 12.5 Å². The first-order chi connectivity index (χ1) is 14.5. The highest BCUT2D eigenvalue weighted by molar-refractivity contribution is 5.92. The van der Waals surface area contributed by atoms with Crippen molar-refractivity contribution in [1.82, 2.24) is 10.4 Å². The number of hydroxylamine groups is 1. The molecule has 0 spiro atoms. The fraction of sp³-hybridized carbons (Fsp3) is 0.273. The first kappa shape index (κ1) is 21.2. The Balaban J connectivity index is 1.61. The summed E-state index contributed by atoms with van der Waals surface area (Å²) in [7, 11) is 3.20. The van der Waals surface area contributed by atoms with Crippen molar-refractivity contribution in [1.29, 1.82) is 0 Å². The van der Waals surface area contributed by atoms with E-state index in [1.807, 2.05) is 12.1 Å². The van der Waals surface area contributed by atoms with Gasteiger partial charge in [-0.05, 0) is 53.5 Å². The molecule has 0 unspecified atom stereocenters. The number of methoxy groups -OCH3 is 2. The van der Waals surface area contributed by atoms with Gasteiger partial charge in [0.25, 0.3) is 5.91 Å². The Morgan fingerprint density at radius 3 is 2.40 bits per heavy atom. The molecular weight excluding hydrogens is 388 g/mol. The van der Waals surface area contributed by atoms with Gasteiger partial charge in [-0.25, -0.2) is 5.48 Å². The molecule has 3 rings (SSSR count). The van der Waals surface area contributed by atoms with Crippen LogP contribution in [0.2, 0.25) is 0 Å². The van der Waals surface area contributed by atoms with Crippen LogP contribution in [0.15, 0.2) is 42.5 Å². The fourth-order valence-electron chi connectivity index (χ4n) is 3.20.